The first-order chi connectivity index (χ1) is 8.78. The van der Waals surface area contributed by atoms with Crippen molar-refractivity contribution in [1.29, 1.82) is 0 Å². The second-order valence-corrected chi connectivity index (χ2v) is 6.22. The van der Waals surface area contributed by atoms with Gasteiger partial charge in [-0.3, -0.25) is 0 Å². The molecule has 0 spiro atoms. The standard InChI is InChI=1S/C12H17F2NO3S/c1-3-11(16)9-5-4-6-10(7-9)19(17,18)15(2)8-12(13)14/h4-7,11-12,16H,3,8H2,1-2H3. The van der Waals surface area contributed by atoms with Crippen molar-refractivity contribution in [3.63, 3.8) is 0 Å². The van der Waals surface area contributed by atoms with E-state index in [1.54, 1.807) is 13.0 Å². The fourth-order valence-corrected chi connectivity index (χ4v) is 2.79. The van der Waals surface area contributed by atoms with Gasteiger partial charge in [-0.25, -0.2) is 17.2 Å². The van der Waals surface area contributed by atoms with Gasteiger partial charge in [-0.1, -0.05) is 19.1 Å². The number of hydrogen-bond donors (Lipinski definition) is 1. The third-order valence-electron chi connectivity index (χ3n) is 2.73. The molecule has 0 saturated heterocycles. The molecule has 0 bridgehead atoms. The highest BCUT2D eigenvalue weighted by atomic mass is 32.2. The summed E-state index contributed by atoms with van der Waals surface area (Å²) in [5.74, 6) is 0. The normalized spacial score (nSPS) is 14.1. The first-order valence-corrected chi connectivity index (χ1v) is 7.25. The summed E-state index contributed by atoms with van der Waals surface area (Å²) >= 11 is 0. The number of halogens is 2. The topological polar surface area (TPSA) is 57.6 Å². The van der Waals surface area contributed by atoms with Crippen LogP contribution in [0.15, 0.2) is 29.2 Å². The zero-order valence-electron chi connectivity index (χ0n) is 10.8. The van der Waals surface area contributed by atoms with Crippen LogP contribution in [0.1, 0.15) is 25.0 Å². The van der Waals surface area contributed by atoms with Crippen molar-refractivity contribution in [2.24, 2.45) is 0 Å². The molecule has 1 atom stereocenters. The molecule has 0 heterocycles. The summed E-state index contributed by atoms with van der Waals surface area (Å²) in [6.45, 7) is 0.900. The Morgan fingerprint density at radius 2 is 2.00 bits per heavy atom. The van der Waals surface area contributed by atoms with Gasteiger partial charge in [0.2, 0.25) is 10.0 Å². The van der Waals surface area contributed by atoms with Gasteiger partial charge in [-0.2, -0.15) is 4.31 Å². The van der Waals surface area contributed by atoms with Gasteiger partial charge < -0.3 is 5.11 Å². The summed E-state index contributed by atoms with van der Waals surface area (Å²) in [7, 11) is -2.85. The molecule has 0 amide bonds. The van der Waals surface area contributed by atoms with E-state index in [1.165, 1.54) is 18.2 Å². The van der Waals surface area contributed by atoms with Crippen molar-refractivity contribution >= 4 is 10.0 Å². The van der Waals surface area contributed by atoms with E-state index in [0.717, 1.165) is 7.05 Å². The summed E-state index contributed by atoms with van der Waals surface area (Å²) in [5.41, 5.74) is 0.453. The predicted octanol–water partition coefficient (Wildman–Crippen LogP) is 2.02. The van der Waals surface area contributed by atoms with Crippen molar-refractivity contribution in [2.75, 3.05) is 13.6 Å². The Morgan fingerprint density at radius 1 is 1.37 bits per heavy atom. The molecular formula is C12H17F2NO3S. The highest BCUT2D eigenvalue weighted by Gasteiger charge is 2.24. The summed E-state index contributed by atoms with van der Waals surface area (Å²) in [5, 5.41) is 9.68. The average molecular weight is 293 g/mol. The molecule has 7 heteroatoms. The first kappa shape index (κ1) is 16.0. The van der Waals surface area contributed by atoms with E-state index in [4.69, 9.17) is 0 Å². The number of benzene rings is 1. The van der Waals surface area contributed by atoms with Crippen molar-refractivity contribution in [2.45, 2.75) is 30.8 Å². The van der Waals surface area contributed by atoms with Gasteiger partial charge in [0.1, 0.15) is 0 Å². The quantitative estimate of drug-likeness (QED) is 0.873. The SMILES string of the molecule is CCC(O)c1cccc(S(=O)(=O)N(C)CC(F)F)c1. The van der Waals surface area contributed by atoms with Crippen molar-refractivity contribution in [3.8, 4) is 0 Å². The van der Waals surface area contributed by atoms with Crippen LogP contribution in [0.3, 0.4) is 0 Å². The molecule has 4 nitrogen and oxygen atoms in total. The Kier molecular flexibility index (Phi) is 5.39. The van der Waals surface area contributed by atoms with Crippen LogP contribution >= 0.6 is 0 Å². The Balaban J connectivity index is 3.08. The number of rotatable bonds is 6. The highest BCUT2D eigenvalue weighted by molar-refractivity contribution is 7.89. The lowest BCUT2D eigenvalue weighted by molar-refractivity contribution is 0.126. The molecule has 1 aromatic rings. The monoisotopic (exact) mass is 293 g/mol. The lowest BCUT2D eigenvalue weighted by Gasteiger charge is -2.17. The minimum absolute atomic E-state index is 0.0966. The molecule has 1 unspecified atom stereocenters. The van der Waals surface area contributed by atoms with Gasteiger partial charge in [-0.15, -0.1) is 0 Å². The number of aliphatic hydroxyl groups is 1. The van der Waals surface area contributed by atoms with Crippen molar-refractivity contribution in [1.82, 2.24) is 4.31 Å². The molecular weight excluding hydrogens is 276 g/mol. The second-order valence-electron chi connectivity index (χ2n) is 4.17. The molecule has 0 saturated carbocycles. The maximum atomic E-state index is 12.2. The van der Waals surface area contributed by atoms with Gasteiger partial charge in [-0.05, 0) is 24.1 Å². The molecule has 0 radical (unpaired) electrons. The van der Waals surface area contributed by atoms with Crippen LogP contribution in [0.4, 0.5) is 8.78 Å². The molecule has 108 valence electrons. The summed E-state index contributed by atoms with van der Waals surface area (Å²) in [4.78, 5) is -0.0966. The molecule has 0 fully saturated rings. The molecule has 1 rings (SSSR count). The van der Waals surface area contributed by atoms with Crippen LogP contribution in [0, 0.1) is 0 Å². The lowest BCUT2D eigenvalue weighted by Crippen LogP contribution is -2.31. The van der Waals surface area contributed by atoms with Gasteiger partial charge in [0.25, 0.3) is 6.43 Å². The fourth-order valence-electron chi connectivity index (χ4n) is 1.59. The maximum Gasteiger partial charge on any atom is 0.252 e. The van der Waals surface area contributed by atoms with Crippen LogP contribution in [-0.4, -0.2) is 37.8 Å². The van der Waals surface area contributed by atoms with E-state index in [1.807, 2.05) is 0 Å². The van der Waals surface area contributed by atoms with Crippen LogP contribution < -0.4 is 0 Å². The smallest absolute Gasteiger partial charge is 0.252 e. The Morgan fingerprint density at radius 3 is 2.53 bits per heavy atom. The van der Waals surface area contributed by atoms with E-state index >= 15 is 0 Å². The van der Waals surface area contributed by atoms with Gasteiger partial charge in [0.15, 0.2) is 0 Å². The minimum Gasteiger partial charge on any atom is -0.388 e. The van der Waals surface area contributed by atoms with E-state index in [-0.39, 0.29) is 4.90 Å². The largest absolute Gasteiger partial charge is 0.388 e. The van der Waals surface area contributed by atoms with Crippen LogP contribution in [0.5, 0.6) is 0 Å². The number of alkyl halides is 2. The molecule has 1 N–H and O–H groups in total. The number of nitrogens with zero attached hydrogens (tertiary/aromatic N) is 1. The highest BCUT2D eigenvalue weighted by Crippen LogP contribution is 2.22. The number of aliphatic hydroxyl groups excluding tert-OH is 1. The third kappa shape index (κ3) is 3.95. The number of hydrogen-bond acceptors (Lipinski definition) is 3. The molecule has 1 aromatic carbocycles. The van der Waals surface area contributed by atoms with E-state index in [2.05, 4.69) is 0 Å². The van der Waals surface area contributed by atoms with Crippen molar-refractivity contribution < 1.29 is 22.3 Å². The molecule has 0 aliphatic carbocycles. The Hall–Kier alpha value is -1.05. The zero-order chi connectivity index (χ0) is 14.6. The second kappa shape index (κ2) is 6.40. The van der Waals surface area contributed by atoms with E-state index in [0.29, 0.717) is 16.3 Å². The van der Waals surface area contributed by atoms with E-state index < -0.39 is 29.1 Å². The number of sulfonamides is 1. The fraction of sp³-hybridized carbons (Fsp3) is 0.500. The summed E-state index contributed by atoms with van der Waals surface area (Å²) in [6, 6.07) is 5.71. The van der Waals surface area contributed by atoms with Crippen LogP contribution in [0.2, 0.25) is 0 Å². The molecule has 0 aromatic heterocycles. The first-order valence-electron chi connectivity index (χ1n) is 5.81. The van der Waals surface area contributed by atoms with Gasteiger partial charge in [0.05, 0.1) is 17.5 Å². The molecule has 0 aliphatic rings. The van der Waals surface area contributed by atoms with Gasteiger partial charge in [0, 0.05) is 7.05 Å². The molecule has 0 aliphatic heterocycles. The van der Waals surface area contributed by atoms with Crippen LogP contribution in [0.25, 0.3) is 0 Å². The minimum atomic E-state index is -3.96. The average Bonchev–Trinajstić information content (AvgIpc) is 2.37. The van der Waals surface area contributed by atoms with Gasteiger partial charge >= 0.3 is 0 Å². The lowest BCUT2D eigenvalue weighted by atomic mass is 10.1. The molecule has 19 heavy (non-hydrogen) atoms. The van der Waals surface area contributed by atoms with E-state index in [9.17, 15) is 22.3 Å². The zero-order valence-corrected chi connectivity index (χ0v) is 11.6. The third-order valence-corrected chi connectivity index (χ3v) is 4.55. The van der Waals surface area contributed by atoms with Crippen LogP contribution in [-0.2, 0) is 10.0 Å². The maximum absolute atomic E-state index is 12.2. The summed E-state index contributed by atoms with van der Waals surface area (Å²) in [6.07, 6.45) is -3.06. The predicted molar refractivity (Wildman–Crippen MR) is 67.5 cm³/mol. The Bertz CT molecular complexity index is 519. The van der Waals surface area contributed by atoms with Crippen molar-refractivity contribution in [3.05, 3.63) is 29.8 Å². The Labute approximate surface area is 111 Å². The summed E-state index contributed by atoms with van der Waals surface area (Å²) < 4.78 is 49.2.